The molecule has 2 rings (SSSR count). The Morgan fingerprint density at radius 3 is 2.87 bits per heavy atom. The fourth-order valence-electron chi connectivity index (χ4n) is 2.31. The van der Waals surface area contributed by atoms with Crippen LogP contribution < -0.4 is 10.6 Å². The minimum atomic E-state index is 0.119. The Labute approximate surface area is 93.0 Å². The highest BCUT2D eigenvalue weighted by atomic mass is 16.5. The summed E-state index contributed by atoms with van der Waals surface area (Å²) in [7, 11) is 0. The zero-order valence-electron chi connectivity index (χ0n) is 10.0. The fourth-order valence-corrected chi connectivity index (χ4v) is 2.31. The summed E-state index contributed by atoms with van der Waals surface area (Å²) >= 11 is 0. The molecule has 2 aliphatic rings. The minimum Gasteiger partial charge on any atom is -0.371 e. The van der Waals surface area contributed by atoms with E-state index in [4.69, 9.17) is 4.74 Å². The molecule has 2 unspecified atom stereocenters. The molecule has 0 radical (unpaired) electrons. The van der Waals surface area contributed by atoms with Gasteiger partial charge in [-0.25, -0.2) is 0 Å². The molecule has 0 bridgehead atoms. The Hall–Kier alpha value is -0.120. The van der Waals surface area contributed by atoms with E-state index >= 15 is 0 Å². The van der Waals surface area contributed by atoms with Crippen molar-refractivity contribution in [2.24, 2.45) is 5.92 Å². The van der Waals surface area contributed by atoms with Gasteiger partial charge in [-0.3, -0.25) is 0 Å². The minimum absolute atomic E-state index is 0.119. The van der Waals surface area contributed by atoms with Crippen LogP contribution in [-0.4, -0.2) is 37.9 Å². The van der Waals surface area contributed by atoms with E-state index in [0.29, 0.717) is 0 Å². The van der Waals surface area contributed by atoms with Gasteiger partial charge in [0.25, 0.3) is 0 Å². The maximum absolute atomic E-state index is 5.81. The van der Waals surface area contributed by atoms with Crippen LogP contribution in [-0.2, 0) is 4.74 Å². The van der Waals surface area contributed by atoms with Crippen LogP contribution in [0, 0.1) is 5.92 Å². The van der Waals surface area contributed by atoms with Gasteiger partial charge in [0.15, 0.2) is 0 Å². The van der Waals surface area contributed by atoms with Crippen LogP contribution in [0.3, 0.4) is 0 Å². The Bertz CT molecular complexity index is 204. The second kappa shape index (κ2) is 4.81. The first kappa shape index (κ1) is 11.4. The molecule has 3 heteroatoms. The van der Waals surface area contributed by atoms with Crippen LogP contribution in [0.25, 0.3) is 0 Å². The van der Waals surface area contributed by atoms with Gasteiger partial charge in [0.2, 0.25) is 0 Å². The summed E-state index contributed by atoms with van der Waals surface area (Å²) in [5.41, 5.74) is 0.119. The molecule has 1 aliphatic heterocycles. The summed E-state index contributed by atoms with van der Waals surface area (Å²) in [5, 5.41) is 6.81. The molecule has 2 fully saturated rings. The van der Waals surface area contributed by atoms with Crippen molar-refractivity contribution in [1.29, 1.82) is 0 Å². The maximum atomic E-state index is 5.81. The molecule has 88 valence electrons. The van der Waals surface area contributed by atoms with E-state index in [1.165, 1.54) is 19.3 Å². The molecule has 1 aliphatic carbocycles. The van der Waals surface area contributed by atoms with E-state index in [9.17, 15) is 0 Å². The smallest absolute Gasteiger partial charge is 0.0902 e. The van der Waals surface area contributed by atoms with Crippen molar-refractivity contribution in [3.63, 3.8) is 0 Å². The lowest BCUT2D eigenvalue weighted by molar-refractivity contribution is -0.0649. The first-order valence-electron chi connectivity index (χ1n) is 6.31. The number of nitrogens with one attached hydrogen (secondary N) is 2. The summed E-state index contributed by atoms with van der Waals surface area (Å²) in [6, 6.07) is 0.792. The van der Waals surface area contributed by atoms with Gasteiger partial charge < -0.3 is 15.4 Å². The van der Waals surface area contributed by atoms with Gasteiger partial charge >= 0.3 is 0 Å². The van der Waals surface area contributed by atoms with Crippen molar-refractivity contribution < 1.29 is 4.74 Å². The number of hydrogen-bond acceptors (Lipinski definition) is 3. The molecule has 0 aromatic heterocycles. The van der Waals surface area contributed by atoms with E-state index in [0.717, 1.165) is 38.2 Å². The lowest BCUT2D eigenvalue weighted by atomic mass is 10.0. The first-order valence-corrected chi connectivity index (χ1v) is 6.31. The molecular weight excluding hydrogens is 188 g/mol. The molecule has 1 saturated heterocycles. The zero-order valence-corrected chi connectivity index (χ0v) is 10.0. The molecule has 15 heavy (non-hydrogen) atoms. The van der Waals surface area contributed by atoms with Gasteiger partial charge in [-0.05, 0) is 25.7 Å². The summed E-state index contributed by atoms with van der Waals surface area (Å²) in [6.45, 7) is 8.33. The Morgan fingerprint density at radius 1 is 1.47 bits per heavy atom. The van der Waals surface area contributed by atoms with E-state index < -0.39 is 0 Å². The van der Waals surface area contributed by atoms with Crippen LogP contribution in [0.5, 0.6) is 0 Å². The topological polar surface area (TPSA) is 33.3 Å². The standard InChI is InChI=1S/C12H24N2O/c1-3-4-10-7-11(10)14-5-6-15-12(2)8-13-9-12/h10-11,13-14H,3-9H2,1-2H3. The predicted molar refractivity (Wildman–Crippen MR) is 62.0 cm³/mol. The van der Waals surface area contributed by atoms with Crippen LogP contribution >= 0.6 is 0 Å². The average Bonchev–Trinajstić information content (AvgIpc) is 2.89. The maximum Gasteiger partial charge on any atom is 0.0902 e. The van der Waals surface area contributed by atoms with Gasteiger partial charge in [0.05, 0.1) is 12.2 Å². The van der Waals surface area contributed by atoms with Crippen LogP contribution in [0.2, 0.25) is 0 Å². The molecule has 2 N–H and O–H groups in total. The van der Waals surface area contributed by atoms with Crippen molar-refractivity contribution in [2.45, 2.75) is 44.8 Å². The Balaban J connectivity index is 1.46. The van der Waals surface area contributed by atoms with Crippen molar-refractivity contribution in [3.05, 3.63) is 0 Å². The van der Waals surface area contributed by atoms with E-state index in [-0.39, 0.29) is 5.60 Å². The first-order chi connectivity index (χ1) is 7.23. The third kappa shape index (κ3) is 3.16. The van der Waals surface area contributed by atoms with E-state index in [2.05, 4.69) is 24.5 Å². The number of ether oxygens (including phenoxy) is 1. The molecule has 2 atom stereocenters. The Kier molecular flexibility index (Phi) is 3.65. The highest BCUT2D eigenvalue weighted by Gasteiger charge is 2.36. The third-order valence-corrected chi connectivity index (χ3v) is 3.54. The second-order valence-corrected chi connectivity index (χ2v) is 5.25. The van der Waals surface area contributed by atoms with E-state index in [1.807, 2.05) is 0 Å². The van der Waals surface area contributed by atoms with Crippen molar-refractivity contribution in [2.75, 3.05) is 26.2 Å². The van der Waals surface area contributed by atoms with Gasteiger partial charge in [-0.15, -0.1) is 0 Å². The van der Waals surface area contributed by atoms with Gasteiger partial charge in [0.1, 0.15) is 0 Å². The molecule has 1 saturated carbocycles. The number of hydrogen-bond donors (Lipinski definition) is 2. The normalized spacial score (nSPS) is 32.4. The largest absolute Gasteiger partial charge is 0.371 e. The highest BCUT2D eigenvalue weighted by molar-refractivity contribution is 4.93. The third-order valence-electron chi connectivity index (χ3n) is 3.54. The molecule has 0 spiro atoms. The molecular formula is C12H24N2O. The molecule has 0 aromatic rings. The van der Waals surface area contributed by atoms with E-state index in [1.54, 1.807) is 0 Å². The molecule has 3 nitrogen and oxygen atoms in total. The second-order valence-electron chi connectivity index (χ2n) is 5.25. The highest BCUT2D eigenvalue weighted by Crippen LogP contribution is 2.34. The monoisotopic (exact) mass is 212 g/mol. The summed E-state index contributed by atoms with van der Waals surface area (Å²) in [4.78, 5) is 0. The van der Waals surface area contributed by atoms with Gasteiger partial charge in [-0.2, -0.15) is 0 Å². The van der Waals surface area contributed by atoms with Crippen LogP contribution in [0.15, 0.2) is 0 Å². The van der Waals surface area contributed by atoms with Crippen LogP contribution in [0.1, 0.15) is 33.1 Å². The van der Waals surface area contributed by atoms with Crippen molar-refractivity contribution in [1.82, 2.24) is 10.6 Å². The quantitative estimate of drug-likeness (QED) is 0.621. The molecule has 0 aromatic carbocycles. The predicted octanol–water partition coefficient (Wildman–Crippen LogP) is 1.14. The fraction of sp³-hybridized carbons (Fsp3) is 1.00. The summed E-state index contributed by atoms with van der Waals surface area (Å²) in [6.07, 6.45) is 4.09. The lowest BCUT2D eigenvalue weighted by Gasteiger charge is -2.39. The number of rotatable bonds is 7. The van der Waals surface area contributed by atoms with Gasteiger partial charge in [-0.1, -0.05) is 13.3 Å². The summed E-state index contributed by atoms with van der Waals surface area (Å²) in [5.74, 6) is 0.955. The van der Waals surface area contributed by atoms with Gasteiger partial charge in [0, 0.05) is 25.7 Å². The zero-order chi connectivity index (χ0) is 10.7. The Morgan fingerprint density at radius 2 is 2.27 bits per heavy atom. The van der Waals surface area contributed by atoms with Crippen molar-refractivity contribution >= 4 is 0 Å². The van der Waals surface area contributed by atoms with Crippen molar-refractivity contribution in [3.8, 4) is 0 Å². The average molecular weight is 212 g/mol. The summed E-state index contributed by atoms with van der Waals surface area (Å²) < 4.78 is 5.81. The lowest BCUT2D eigenvalue weighted by Crippen LogP contribution is -2.59. The SMILES string of the molecule is CCCC1CC1NCCOC1(C)CNC1. The molecule has 1 heterocycles. The van der Waals surface area contributed by atoms with Crippen LogP contribution in [0.4, 0.5) is 0 Å². The molecule has 0 amide bonds.